The summed E-state index contributed by atoms with van der Waals surface area (Å²) in [5, 5.41) is 6.09. The number of carbonyl (C=O) groups is 1. The maximum absolute atomic E-state index is 11.8. The number of urea groups is 1. The third-order valence-corrected chi connectivity index (χ3v) is 3.68. The number of anilines is 1. The average molecular weight is 353 g/mol. The Hall–Kier alpha value is -1.91. The standard InChI is InChI=1S/C17H18Cl2N2O2/c1-11-8-12(2)10-13(9-11)23-7-6-20-17(22)21-16-14(18)4-3-5-15(16)19/h3-5,8-10H,6-7H2,1-2H3,(H2,20,21,22). The molecule has 4 nitrogen and oxygen atoms in total. The first-order valence-corrected chi connectivity index (χ1v) is 7.91. The van der Waals surface area contributed by atoms with Gasteiger partial charge < -0.3 is 15.4 Å². The second kappa shape index (κ2) is 8.09. The van der Waals surface area contributed by atoms with Gasteiger partial charge in [0.25, 0.3) is 0 Å². The molecule has 2 amide bonds. The van der Waals surface area contributed by atoms with Crippen molar-refractivity contribution in [3.8, 4) is 5.75 Å². The summed E-state index contributed by atoms with van der Waals surface area (Å²) in [5.74, 6) is 0.791. The summed E-state index contributed by atoms with van der Waals surface area (Å²) in [4.78, 5) is 11.8. The minimum absolute atomic E-state index is 0.362. The molecule has 0 saturated heterocycles. The zero-order chi connectivity index (χ0) is 16.8. The second-order valence-corrected chi connectivity index (χ2v) is 5.96. The van der Waals surface area contributed by atoms with E-state index in [0.717, 1.165) is 16.9 Å². The number of amides is 2. The van der Waals surface area contributed by atoms with E-state index in [1.54, 1.807) is 18.2 Å². The van der Waals surface area contributed by atoms with E-state index in [2.05, 4.69) is 16.7 Å². The molecule has 2 rings (SSSR count). The lowest BCUT2D eigenvalue weighted by Gasteiger charge is -2.11. The number of hydrogen-bond acceptors (Lipinski definition) is 2. The molecule has 0 aromatic heterocycles. The Balaban J connectivity index is 1.79. The lowest BCUT2D eigenvalue weighted by atomic mass is 10.1. The van der Waals surface area contributed by atoms with Crippen molar-refractivity contribution >= 4 is 34.9 Å². The van der Waals surface area contributed by atoms with Gasteiger partial charge in [0.1, 0.15) is 12.4 Å². The molecule has 0 aliphatic carbocycles. The summed E-state index contributed by atoms with van der Waals surface area (Å²) in [5.41, 5.74) is 2.67. The van der Waals surface area contributed by atoms with Crippen LogP contribution in [0.1, 0.15) is 11.1 Å². The summed E-state index contributed by atoms with van der Waals surface area (Å²) in [6.45, 7) is 4.76. The summed E-state index contributed by atoms with van der Waals surface area (Å²) < 4.78 is 5.62. The van der Waals surface area contributed by atoms with Crippen LogP contribution in [0, 0.1) is 13.8 Å². The highest BCUT2D eigenvalue weighted by Gasteiger charge is 2.08. The van der Waals surface area contributed by atoms with Gasteiger partial charge in [-0.3, -0.25) is 0 Å². The van der Waals surface area contributed by atoms with Crippen LogP contribution in [0.25, 0.3) is 0 Å². The minimum atomic E-state index is -0.385. The predicted molar refractivity (Wildman–Crippen MR) is 94.9 cm³/mol. The molecule has 0 radical (unpaired) electrons. The van der Waals surface area contributed by atoms with Gasteiger partial charge in [-0.1, -0.05) is 35.3 Å². The van der Waals surface area contributed by atoms with Crippen LogP contribution < -0.4 is 15.4 Å². The van der Waals surface area contributed by atoms with Crippen LogP contribution in [0.5, 0.6) is 5.75 Å². The van der Waals surface area contributed by atoms with E-state index >= 15 is 0 Å². The predicted octanol–water partition coefficient (Wildman–Crippen LogP) is 4.81. The number of para-hydroxylation sites is 1. The highest BCUT2D eigenvalue weighted by Crippen LogP contribution is 2.29. The topological polar surface area (TPSA) is 50.4 Å². The molecule has 0 unspecified atom stereocenters. The molecule has 6 heteroatoms. The van der Waals surface area contributed by atoms with Gasteiger partial charge >= 0.3 is 6.03 Å². The van der Waals surface area contributed by atoms with E-state index in [1.807, 2.05) is 26.0 Å². The van der Waals surface area contributed by atoms with Crippen LogP contribution in [0.2, 0.25) is 10.0 Å². The van der Waals surface area contributed by atoms with Gasteiger partial charge in [0.2, 0.25) is 0 Å². The number of ether oxygens (including phenoxy) is 1. The van der Waals surface area contributed by atoms with Crippen LogP contribution in [-0.2, 0) is 0 Å². The van der Waals surface area contributed by atoms with Gasteiger partial charge in [0.15, 0.2) is 0 Å². The SMILES string of the molecule is Cc1cc(C)cc(OCCNC(=O)Nc2c(Cl)cccc2Cl)c1. The van der Waals surface area contributed by atoms with E-state index < -0.39 is 0 Å². The first kappa shape index (κ1) is 17.4. The largest absolute Gasteiger partial charge is 0.492 e. The third kappa shape index (κ3) is 5.34. The third-order valence-electron chi connectivity index (χ3n) is 3.05. The summed E-state index contributed by atoms with van der Waals surface area (Å²) in [6.07, 6.45) is 0. The Morgan fingerprint density at radius 2 is 1.70 bits per heavy atom. The second-order valence-electron chi connectivity index (χ2n) is 5.15. The number of benzene rings is 2. The highest BCUT2D eigenvalue weighted by molar-refractivity contribution is 6.39. The fourth-order valence-electron chi connectivity index (χ4n) is 2.12. The van der Waals surface area contributed by atoms with Gasteiger partial charge in [-0.25, -0.2) is 4.79 Å². The van der Waals surface area contributed by atoms with Gasteiger partial charge in [-0.15, -0.1) is 0 Å². The summed E-state index contributed by atoms with van der Waals surface area (Å²) >= 11 is 12.0. The molecule has 0 aliphatic heterocycles. The molecule has 0 aliphatic rings. The average Bonchev–Trinajstić information content (AvgIpc) is 2.47. The van der Waals surface area contributed by atoms with E-state index in [1.165, 1.54) is 0 Å². The number of rotatable bonds is 5. The quantitative estimate of drug-likeness (QED) is 0.758. The Kier molecular flexibility index (Phi) is 6.13. The number of aryl methyl sites for hydroxylation is 2. The molecular formula is C17H18Cl2N2O2. The Labute approximate surface area is 145 Å². The molecule has 2 aromatic rings. The number of halogens is 2. The molecular weight excluding hydrogens is 335 g/mol. The molecule has 0 heterocycles. The number of hydrogen-bond donors (Lipinski definition) is 2. The fourth-order valence-corrected chi connectivity index (χ4v) is 2.62. The number of carbonyl (C=O) groups excluding carboxylic acids is 1. The lowest BCUT2D eigenvalue weighted by molar-refractivity contribution is 0.247. The molecule has 0 spiro atoms. The first-order valence-electron chi connectivity index (χ1n) is 7.15. The molecule has 0 atom stereocenters. The van der Waals surface area contributed by atoms with Crippen molar-refractivity contribution in [2.24, 2.45) is 0 Å². The Bertz CT molecular complexity index is 664. The highest BCUT2D eigenvalue weighted by atomic mass is 35.5. The van der Waals surface area contributed by atoms with Crippen LogP contribution in [0.3, 0.4) is 0 Å². The molecule has 122 valence electrons. The van der Waals surface area contributed by atoms with Crippen molar-refractivity contribution in [3.63, 3.8) is 0 Å². The fraction of sp³-hybridized carbons (Fsp3) is 0.235. The maximum Gasteiger partial charge on any atom is 0.319 e. The van der Waals surface area contributed by atoms with Crippen LogP contribution in [-0.4, -0.2) is 19.2 Å². The zero-order valence-corrected chi connectivity index (χ0v) is 14.5. The molecule has 23 heavy (non-hydrogen) atoms. The van der Waals surface area contributed by atoms with E-state index in [9.17, 15) is 4.79 Å². The first-order chi connectivity index (χ1) is 11.0. The van der Waals surface area contributed by atoms with Gasteiger partial charge in [-0.05, 0) is 49.2 Å². The Morgan fingerprint density at radius 3 is 2.30 bits per heavy atom. The maximum atomic E-state index is 11.8. The summed E-state index contributed by atoms with van der Waals surface area (Å²) in [7, 11) is 0. The van der Waals surface area contributed by atoms with Crippen molar-refractivity contribution in [2.45, 2.75) is 13.8 Å². The number of nitrogens with one attached hydrogen (secondary N) is 2. The van der Waals surface area contributed by atoms with Crippen molar-refractivity contribution < 1.29 is 9.53 Å². The zero-order valence-electron chi connectivity index (χ0n) is 13.0. The molecule has 2 N–H and O–H groups in total. The minimum Gasteiger partial charge on any atom is -0.492 e. The van der Waals surface area contributed by atoms with E-state index in [-0.39, 0.29) is 6.03 Å². The van der Waals surface area contributed by atoms with Crippen LogP contribution >= 0.6 is 23.2 Å². The smallest absolute Gasteiger partial charge is 0.319 e. The lowest BCUT2D eigenvalue weighted by Crippen LogP contribution is -2.32. The van der Waals surface area contributed by atoms with Gasteiger partial charge in [-0.2, -0.15) is 0 Å². The monoisotopic (exact) mass is 352 g/mol. The van der Waals surface area contributed by atoms with Crippen molar-refractivity contribution in [1.29, 1.82) is 0 Å². The summed E-state index contributed by atoms with van der Waals surface area (Å²) in [6, 6.07) is 10.6. The molecule has 0 saturated carbocycles. The van der Waals surface area contributed by atoms with Crippen molar-refractivity contribution in [2.75, 3.05) is 18.5 Å². The molecule has 0 bridgehead atoms. The van der Waals surface area contributed by atoms with Crippen molar-refractivity contribution in [3.05, 3.63) is 57.6 Å². The molecule has 2 aromatic carbocycles. The van der Waals surface area contributed by atoms with Gasteiger partial charge in [0.05, 0.1) is 22.3 Å². The van der Waals surface area contributed by atoms with Crippen LogP contribution in [0.15, 0.2) is 36.4 Å². The van der Waals surface area contributed by atoms with E-state index in [4.69, 9.17) is 27.9 Å². The van der Waals surface area contributed by atoms with Gasteiger partial charge in [0, 0.05) is 0 Å². The van der Waals surface area contributed by atoms with Crippen molar-refractivity contribution in [1.82, 2.24) is 5.32 Å². The molecule has 0 fully saturated rings. The Morgan fingerprint density at radius 1 is 1.09 bits per heavy atom. The normalized spacial score (nSPS) is 10.3. The van der Waals surface area contributed by atoms with Crippen LogP contribution in [0.4, 0.5) is 10.5 Å². The van der Waals surface area contributed by atoms with E-state index in [0.29, 0.717) is 28.9 Å².